The summed E-state index contributed by atoms with van der Waals surface area (Å²) in [7, 11) is -0.161. The Hall–Kier alpha value is -0.930. The fraction of sp³-hybridized carbons (Fsp3) is 0.562. The van der Waals surface area contributed by atoms with Crippen molar-refractivity contribution in [3.63, 3.8) is 0 Å². The summed E-state index contributed by atoms with van der Waals surface area (Å²) in [5.74, 6) is -0.795. The minimum absolute atomic E-state index is 0. The molecule has 1 N–H and O–H groups in total. The third kappa shape index (κ3) is 5.29. The molecule has 1 aromatic rings. The molecule has 26 heavy (non-hydrogen) atoms. The van der Waals surface area contributed by atoms with Crippen LogP contribution in [0.5, 0.6) is 0 Å². The van der Waals surface area contributed by atoms with Gasteiger partial charge in [0.15, 0.2) is 0 Å². The van der Waals surface area contributed by atoms with Crippen LogP contribution in [0.2, 0.25) is 5.02 Å². The Kier molecular flexibility index (Phi) is 8.75. The van der Waals surface area contributed by atoms with Gasteiger partial charge in [0, 0.05) is 39.1 Å². The molecule has 0 radical (unpaired) electrons. The average Bonchev–Trinajstić information content (AvgIpc) is 2.61. The molecule has 1 aliphatic heterocycles. The van der Waals surface area contributed by atoms with E-state index in [4.69, 9.17) is 11.6 Å². The van der Waals surface area contributed by atoms with E-state index in [1.165, 1.54) is 10.4 Å². The summed E-state index contributed by atoms with van der Waals surface area (Å²) in [5.41, 5.74) is 0. The molecular weight excluding hydrogens is 404 g/mol. The summed E-state index contributed by atoms with van der Waals surface area (Å²) in [6.45, 7) is 1.84. The molecule has 1 amide bonds. The second-order valence-electron chi connectivity index (χ2n) is 6.12. The molecular formula is C16H24Cl2FN3O3S. The number of rotatable bonds is 6. The normalized spacial score (nSPS) is 16.2. The van der Waals surface area contributed by atoms with Crippen LogP contribution >= 0.6 is 24.0 Å². The summed E-state index contributed by atoms with van der Waals surface area (Å²) >= 11 is 5.69. The molecule has 6 nitrogen and oxygen atoms in total. The van der Waals surface area contributed by atoms with Crippen molar-refractivity contribution in [3.8, 4) is 0 Å². The zero-order valence-corrected chi connectivity index (χ0v) is 17.1. The largest absolute Gasteiger partial charge is 0.344 e. The molecule has 0 atom stereocenters. The van der Waals surface area contributed by atoms with Crippen molar-refractivity contribution in [3.05, 3.63) is 29.0 Å². The number of piperidine rings is 1. The van der Waals surface area contributed by atoms with E-state index in [9.17, 15) is 17.6 Å². The van der Waals surface area contributed by atoms with Crippen molar-refractivity contribution < 1.29 is 17.6 Å². The average molecular weight is 428 g/mol. The van der Waals surface area contributed by atoms with Crippen LogP contribution in [0.1, 0.15) is 12.8 Å². The van der Waals surface area contributed by atoms with E-state index < -0.39 is 15.8 Å². The molecule has 1 aliphatic rings. The molecule has 0 aliphatic carbocycles. The van der Waals surface area contributed by atoms with Crippen LogP contribution in [0.3, 0.4) is 0 Å². The first-order chi connectivity index (χ1) is 11.8. The van der Waals surface area contributed by atoms with Gasteiger partial charge in [0.05, 0.1) is 9.92 Å². The van der Waals surface area contributed by atoms with E-state index in [0.29, 0.717) is 25.9 Å². The van der Waals surface area contributed by atoms with E-state index in [0.717, 1.165) is 12.1 Å². The van der Waals surface area contributed by atoms with Gasteiger partial charge in [-0.05, 0) is 38.1 Å². The Balaban J connectivity index is 0.00000338. The van der Waals surface area contributed by atoms with Crippen molar-refractivity contribution >= 4 is 39.9 Å². The first-order valence-corrected chi connectivity index (χ1v) is 9.94. The maximum atomic E-state index is 13.2. The number of hydrogen-bond donors (Lipinski definition) is 1. The number of benzene rings is 1. The smallest absolute Gasteiger partial charge is 0.243 e. The molecule has 0 saturated carbocycles. The van der Waals surface area contributed by atoms with Crippen LogP contribution in [0.4, 0.5) is 4.39 Å². The quantitative estimate of drug-likeness (QED) is 0.753. The van der Waals surface area contributed by atoms with Gasteiger partial charge in [-0.25, -0.2) is 12.8 Å². The Morgan fingerprint density at radius 1 is 1.38 bits per heavy atom. The number of carbonyl (C=O) groups excluding carboxylic acids is 1. The van der Waals surface area contributed by atoms with Crippen LogP contribution < -0.4 is 5.32 Å². The highest BCUT2D eigenvalue weighted by molar-refractivity contribution is 7.89. The molecule has 2 rings (SSSR count). The minimum Gasteiger partial charge on any atom is -0.344 e. The van der Waals surface area contributed by atoms with Crippen molar-refractivity contribution in [2.45, 2.75) is 17.7 Å². The number of nitrogens with one attached hydrogen (secondary N) is 1. The predicted octanol–water partition coefficient (Wildman–Crippen LogP) is 1.98. The van der Waals surface area contributed by atoms with Crippen LogP contribution in [0, 0.1) is 11.7 Å². The van der Waals surface area contributed by atoms with Crippen LogP contribution in [0.15, 0.2) is 23.1 Å². The number of hydrogen-bond acceptors (Lipinski definition) is 4. The lowest BCUT2D eigenvalue weighted by Crippen LogP contribution is -2.44. The number of sulfonamides is 1. The summed E-state index contributed by atoms with van der Waals surface area (Å²) in [4.78, 5) is 14.0. The topological polar surface area (TPSA) is 69.7 Å². The van der Waals surface area contributed by atoms with Crippen LogP contribution in [-0.2, 0) is 14.8 Å². The van der Waals surface area contributed by atoms with Gasteiger partial charge in [-0.15, -0.1) is 12.4 Å². The second-order valence-corrected chi connectivity index (χ2v) is 8.46. The van der Waals surface area contributed by atoms with E-state index in [-0.39, 0.29) is 47.2 Å². The van der Waals surface area contributed by atoms with Gasteiger partial charge in [0.2, 0.25) is 15.9 Å². The highest BCUT2D eigenvalue weighted by atomic mass is 35.5. The third-order valence-corrected chi connectivity index (χ3v) is 6.59. The van der Waals surface area contributed by atoms with Gasteiger partial charge >= 0.3 is 0 Å². The van der Waals surface area contributed by atoms with E-state index in [1.54, 1.807) is 11.9 Å². The molecule has 1 aromatic carbocycles. The fourth-order valence-electron chi connectivity index (χ4n) is 2.83. The van der Waals surface area contributed by atoms with Gasteiger partial charge in [-0.3, -0.25) is 4.79 Å². The molecule has 1 saturated heterocycles. The standard InChI is InChI=1S/C16H23ClFN3O3S.ClH/c1-19-7-10-20(2)16(22)12-5-8-21(9-6-12)25(23,24)13-3-4-15(18)14(17)11-13;/h3-4,11-12,19H,5-10H2,1-2H3;1H. The lowest BCUT2D eigenvalue weighted by molar-refractivity contribution is -0.135. The number of halogens is 3. The van der Waals surface area contributed by atoms with Gasteiger partial charge < -0.3 is 10.2 Å². The van der Waals surface area contributed by atoms with Gasteiger partial charge in [-0.1, -0.05) is 11.6 Å². The molecule has 148 valence electrons. The number of likely N-dealkylation sites (N-methyl/N-ethyl adjacent to an activating group) is 2. The fourth-order valence-corrected chi connectivity index (χ4v) is 4.57. The Labute approximate surface area is 165 Å². The molecule has 1 fully saturated rings. The first kappa shape index (κ1) is 23.1. The van der Waals surface area contributed by atoms with Crippen molar-refractivity contribution in [2.75, 3.05) is 40.3 Å². The minimum atomic E-state index is -3.74. The summed E-state index contributed by atoms with van der Waals surface area (Å²) in [5, 5.41) is 2.77. The monoisotopic (exact) mass is 427 g/mol. The summed E-state index contributed by atoms with van der Waals surface area (Å²) in [6.07, 6.45) is 0.938. The van der Waals surface area contributed by atoms with Gasteiger partial charge in [-0.2, -0.15) is 4.31 Å². The zero-order chi connectivity index (χ0) is 18.6. The lowest BCUT2D eigenvalue weighted by Gasteiger charge is -2.32. The van der Waals surface area contributed by atoms with Crippen LogP contribution in [-0.4, -0.2) is 63.8 Å². The Morgan fingerprint density at radius 3 is 2.54 bits per heavy atom. The molecule has 0 aromatic heterocycles. The van der Waals surface area contributed by atoms with Gasteiger partial charge in [0.1, 0.15) is 5.82 Å². The molecule has 0 spiro atoms. The van der Waals surface area contributed by atoms with E-state index in [1.807, 2.05) is 7.05 Å². The highest BCUT2D eigenvalue weighted by Gasteiger charge is 2.33. The van der Waals surface area contributed by atoms with Crippen molar-refractivity contribution in [2.24, 2.45) is 5.92 Å². The third-order valence-electron chi connectivity index (χ3n) is 4.41. The number of carbonyl (C=O) groups is 1. The van der Waals surface area contributed by atoms with E-state index in [2.05, 4.69) is 5.32 Å². The number of nitrogens with zero attached hydrogens (tertiary/aromatic N) is 2. The SMILES string of the molecule is CNCCN(C)C(=O)C1CCN(S(=O)(=O)c2ccc(F)c(Cl)c2)CC1.Cl. The van der Waals surface area contributed by atoms with Crippen molar-refractivity contribution in [1.29, 1.82) is 0 Å². The number of amides is 1. The second kappa shape index (κ2) is 9.85. The van der Waals surface area contributed by atoms with Gasteiger partial charge in [0.25, 0.3) is 0 Å². The van der Waals surface area contributed by atoms with Crippen LogP contribution in [0.25, 0.3) is 0 Å². The van der Waals surface area contributed by atoms with E-state index >= 15 is 0 Å². The lowest BCUT2D eigenvalue weighted by atomic mass is 9.97. The maximum Gasteiger partial charge on any atom is 0.243 e. The molecule has 0 bridgehead atoms. The molecule has 10 heteroatoms. The molecule has 1 heterocycles. The molecule has 0 unspecified atom stereocenters. The Bertz CT molecular complexity index is 725. The zero-order valence-electron chi connectivity index (χ0n) is 14.7. The first-order valence-electron chi connectivity index (χ1n) is 8.12. The maximum absolute atomic E-state index is 13.2. The summed E-state index contributed by atoms with van der Waals surface area (Å²) in [6, 6.07) is 3.37. The predicted molar refractivity (Wildman–Crippen MR) is 102 cm³/mol. The summed E-state index contributed by atoms with van der Waals surface area (Å²) < 4.78 is 39.9. The van der Waals surface area contributed by atoms with Crippen molar-refractivity contribution in [1.82, 2.24) is 14.5 Å². The highest BCUT2D eigenvalue weighted by Crippen LogP contribution is 2.27. The Morgan fingerprint density at radius 2 is 2.00 bits per heavy atom.